The number of imidazole rings is 1. The van der Waals surface area contributed by atoms with Crippen LogP contribution in [0.15, 0.2) is 36.7 Å². The van der Waals surface area contributed by atoms with Gasteiger partial charge < -0.3 is 14.8 Å². The van der Waals surface area contributed by atoms with E-state index >= 15 is 0 Å². The topological polar surface area (TPSA) is 75.0 Å². The van der Waals surface area contributed by atoms with Gasteiger partial charge in [0.1, 0.15) is 22.9 Å². The molecular formula is C29H34F2N8. The van der Waals surface area contributed by atoms with Gasteiger partial charge in [-0.25, -0.2) is 28.7 Å². The van der Waals surface area contributed by atoms with Crippen LogP contribution in [0.4, 0.5) is 20.5 Å². The summed E-state index contributed by atoms with van der Waals surface area (Å²) in [6.07, 6.45) is 2.95. The quantitative estimate of drug-likeness (QED) is 0.337. The van der Waals surface area contributed by atoms with Crippen molar-refractivity contribution < 1.29 is 8.78 Å². The summed E-state index contributed by atoms with van der Waals surface area (Å²) in [5.41, 5.74) is 2.82. The lowest BCUT2D eigenvalue weighted by Crippen LogP contribution is -2.71. The van der Waals surface area contributed by atoms with Gasteiger partial charge in [-0.05, 0) is 58.0 Å². The van der Waals surface area contributed by atoms with Crippen LogP contribution in [0.5, 0.6) is 0 Å². The number of aryl methyl sites for hydroxylation is 1. The predicted molar refractivity (Wildman–Crippen MR) is 148 cm³/mol. The molecule has 204 valence electrons. The zero-order chi connectivity index (χ0) is 27.5. The van der Waals surface area contributed by atoms with Crippen LogP contribution in [0, 0.1) is 24.0 Å². The third kappa shape index (κ3) is 4.55. The summed E-state index contributed by atoms with van der Waals surface area (Å²) in [5.74, 6) is 0.284. The van der Waals surface area contributed by atoms with Crippen LogP contribution in [0.3, 0.4) is 0 Å². The first-order valence-electron chi connectivity index (χ1n) is 13.6. The van der Waals surface area contributed by atoms with Gasteiger partial charge in [0, 0.05) is 55.4 Å². The number of pyridine rings is 1. The Balaban J connectivity index is 1.19. The maximum Gasteiger partial charge on any atom is 0.229 e. The van der Waals surface area contributed by atoms with E-state index in [-0.39, 0.29) is 29.2 Å². The highest BCUT2D eigenvalue weighted by molar-refractivity contribution is 5.83. The first-order chi connectivity index (χ1) is 18.7. The van der Waals surface area contributed by atoms with Crippen molar-refractivity contribution >= 4 is 22.8 Å². The largest absolute Gasteiger partial charge is 0.326 e. The Labute approximate surface area is 227 Å². The van der Waals surface area contributed by atoms with Crippen LogP contribution in [-0.4, -0.2) is 67.0 Å². The standard InChI is InChI=1S/C29H34F2N8/c1-6-37-13-29(14-37)15-38(16-29)18(4)20-7-8-25(32-11-20)35-28-33-12-23(31)26(36-28)21-9-22(30)27-24(10-21)39(17(2)3)19(5)34-27/h7-12,17-18H,6,13-16H2,1-5H3,(H,32,33,35,36). The number of hydrogen-bond acceptors (Lipinski definition) is 7. The smallest absolute Gasteiger partial charge is 0.229 e. The highest BCUT2D eigenvalue weighted by atomic mass is 19.1. The highest BCUT2D eigenvalue weighted by Crippen LogP contribution is 2.43. The van der Waals surface area contributed by atoms with E-state index in [1.54, 1.807) is 6.07 Å². The number of anilines is 2. The Morgan fingerprint density at radius 1 is 0.974 bits per heavy atom. The van der Waals surface area contributed by atoms with E-state index < -0.39 is 11.6 Å². The molecule has 0 bridgehead atoms. The van der Waals surface area contributed by atoms with E-state index in [0.717, 1.165) is 31.4 Å². The van der Waals surface area contributed by atoms with E-state index in [1.165, 1.54) is 19.2 Å². The molecular weight excluding hydrogens is 498 g/mol. The van der Waals surface area contributed by atoms with E-state index in [0.29, 0.717) is 28.1 Å². The summed E-state index contributed by atoms with van der Waals surface area (Å²) in [4.78, 5) is 22.4. The summed E-state index contributed by atoms with van der Waals surface area (Å²) < 4.78 is 31.8. The molecule has 2 saturated heterocycles. The fraction of sp³-hybridized carbons (Fsp3) is 0.448. The summed E-state index contributed by atoms with van der Waals surface area (Å²) in [6, 6.07) is 7.28. The number of fused-ring (bicyclic) bond motifs is 1. The molecule has 1 spiro atoms. The Hall–Kier alpha value is -3.50. The van der Waals surface area contributed by atoms with Crippen LogP contribution in [-0.2, 0) is 0 Å². The van der Waals surface area contributed by atoms with Crippen molar-refractivity contribution in [2.24, 2.45) is 5.41 Å². The van der Waals surface area contributed by atoms with Gasteiger partial charge in [0.15, 0.2) is 11.6 Å². The van der Waals surface area contributed by atoms with Crippen LogP contribution in [0.2, 0.25) is 0 Å². The molecule has 4 aromatic rings. The van der Waals surface area contributed by atoms with E-state index in [9.17, 15) is 8.78 Å². The van der Waals surface area contributed by atoms with E-state index in [4.69, 9.17) is 0 Å². The molecule has 1 unspecified atom stereocenters. The summed E-state index contributed by atoms with van der Waals surface area (Å²) in [5, 5.41) is 3.06. The zero-order valence-electron chi connectivity index (χ0n) is 23.0. The minimum Gasteiger partial charge on any atom is -0.326 e. The van der Waals surface area contributed by atoms with Gasteiger partial charge >= 0.3 is 0 Å². The van der Waals surface area contributed by atoms with Crippen molar-refractivity contribution in [2.75, 3.05) is 38.0 Å². The Bertz CT molecular complexity index is 1520. The fourth-order valence-corrected chi connectivity index (χ4v) is 6.15. The second-order valence-electron chi connectivity index (χ2n) is 11.3. The Morgan fingerprint density at radius 3 is 2.41 bits per heavy atom. The van der Waals surface area contributed by atoms with Gasteiger partial charge in [-0.3, -0.25) is 4.90 Å². The van der Waals surface area contributed by atoms with Gasteiger partial charge in [-0.1, -0.05) is 13.0 Å². The van der Waals surface area contributed by atoms with Crippen LogP contribution >= 0.6 is 0 Å². The van der Waals surface area contributed by atoms with Gasteiger partial charge in [0.2, 0.25) is 5.95 Å². The summed E-state index contributed by atoms with van der Waals surface area (Å²) in [7, 11) is 0. The lowest BCUT2D eigenvalue weighted by atomic mass is 9.72. The Kier molecular flexibility index (Phi) is 6.34. The minimum atomic E-state index is -0.635. The van der Waals surface area contributed by atoms with Gasteiger partial charge in [-0.15, -0.1) is 0 Å². The molecule has 10 heteroatoms. The third-order valence-electron chi connectivity index (χ3n) is 8.16. The molecule has 0 saturated carbocycles. The number of aromatic nitrogens is 5. The van der Waals surface area contributed by atoms with Gasteiger partial charge in [0.25, 0.3) is 0 Å². The average molecular weight is 533 g/mol. The van der Waals surface area contributed by atoms with Crippen molar-refractivity contribution in [3.05, 3.63) is 59.7 Å². The molecule has 3 aromatic heterocycles. The molecule has 5 heterocycles. The Morgan fingerprint density at radius 2 is 1.74 bits per heavy atom. The lowest BCUT2D eigenvalue weighted by Gasteiger charge is -2.61. The van der Waals surface area contributed by atoms with Gasteiger partial charge in [0.05, 0.1) is 11.7 Å². The molecule has 1 atom stereocenters. The summed E-state index contributed by atoms with van der Waals surface area (Å²) in [6.45, 7) is 16.0. The maximum absolute atomic E-state index is 15.0. The average Bonchev–Trinajstić information content (AvgIpc) is 3.20. The molecule has 2 fully saturated rings. The normalized spacial score (nSPS) is 17.9. The SMILES string of the molecule is CCN1CC2(C1)CN(C(C)c1ccc(Nc3ncc(F)c(-c4cc(F)c5nc(C)n(C(C)C)c5c4)n3)nc1)C2. The number of hydrogen-bond donors (Lipinski definition) is 1. The molecule has 1 N–H and O–H groups in total. The molecule has 0 aliphatic carbocycles. The van der Waals surface area contributed by atoms with Crippen molar-refractivity contribution in [2.45, 2.75) is 46.7 Å². The molecule has 2 aliphatic rings. The zero-order valence-corrected chi connectivity index (χ0v) is 23.0. The van der Waals surface area contributed by atoms with Crippen molar-refractivity contribution in [1.29, 1.82) is 0 Å². The summed E-state index contributed by atoms with van der Waals surface area (Å²) >= 11 is 0. The highest BCUT2D eigenvalue weighted by Gasteiger charge is 2.52. The third-order valence-corrected chi connectivity index (χ3v) is 8.16. The lowest BCUT2D eigenvalue weighted by molar-refractivity contribution is -0.126. The number of nitrogens with zero attached hydrogens (tertiary/aromatic N) is 7. The first-order valence-corrected chi connectivity index (χ1v) is 13.6. The van der Waals surface area contributed by atoms with E-state index in [2.05, 4.69) is 48.9 Å². The van der Waals surface area contributed by atoms with Crippen LogP contribution in [0.25, 0.3) is 22.3 Å². The number of nitrogens with one attached hydrogen (secondary N) is 1. The second kappa shape index (κ2) is 9.60. The number of benzene rings is 1. The van der Waals surface area contributed by atoms with Crippen LogP contribution < -0.4 is 5.32 Å². The molecule has 8 nitrogen and oxygen atoms in total. The monoisotopic (exact) mass is 532 g/mol. The van der Waals surface area contributed by atoms with Crippen molar-refractivity contribution in [1.82, 2.24) is 34.3 Å². The van der Waals surface area contributed by atoms with Crippen molar-refractivity contribution in [3.8, 4) is 11.3 Å². The van der Waals surface area contributed by atoms with E-state index in [1.807, 2.05) is 43.7 Å². The first kappa shape index (κ1) is 25.8. The number of likely N-dealkylation sites (tertiary alicyclic amines) is 2. The minimum absolute atomic E-state index is 0.0112. The maximum atomic E-state index is 15.0. The number of rotatable bonds is 7. The van der Waals surface area contributed by atoms with Gasteiger partial charge in [-0.2, -0.15) is 0 Å². The molecule has 6 rings (SSSR count). The molecule has 0 radical (unpaired) electrons. The van der Waals surface area contributed by atoms with Crippen LogP contribution in [0.1, 0.15) is 51.2 Å². The van der Waals surface area contributed by atoms with Crippen molar-refractivity contribution in [3.63, 3.8) is 0 Å². The fourth-order valence-electron chi connectivity index (χ4n) is 6.15. The molecule has 0 amide bonds. The predicted octanol–water partition coefficient (Wildman–Crippen LogP) is 5.50. The molecule has 2 aliphatic heterocycles. The number of halogens is 2. The molecule has 39 heavy (non-hydrogen) atoms. The molecule has 1 aromatic carbocycles. The second-order valence-corrected chi connectivity index (χ2v) is 11.3.